The summed E-state index contributed by atoms with van der Waals surface area (Å²) in [6, 6.07) is 10.1. The number of rotatable bonds is 14. The molecule has 0 bridgehead atoms. The van der Waals surface area contributed by atoms with E-state index in [0.29, 0.717) is 0 Å². The Morgan fingerprint density at radius 3 is 1.29 bits per heavy atom. The Morgan fingerprint density at radius 1 is 0.679 bits per heavy atom. The van der Waals surface area contributed by atoms with Gasteiger partial charge in [0.25, 0.3) is 0 Å². The van der Waals surface area contributed by atoms with Crippen LogP contribution in [0, 0.1) is 0 Å². The van der Waals surface area contributed by atoms with Crippen LogP contribution in [0.2, 0.25) is 25.2 Å². The zero-order valence-electron chi connectivity index (χ0n) is 18.2. The van der Waals surface area contributed by atoms with E-state index in [4.69, 9.17) is 17.7 Å². The van der Waals surface area contributed by atoms with Crippen LogP contribution in [0.5, 0.6) is 0 Å². The van der Waals surface area contributed by atoms with Crippen LogP contribution in [0.1, 0.15) is 24.0 Å². The third-order valence-corrected chi connectivity index (χ3v) is 11.0. The van der Waals surface area contributed by atoms with Crippen molar-refractivity contribution >= 4 is 29.6 Å². The van der Waals surface area contributed by atoms with E-state index >= 15 is 0 Å². The summed E-state index contributed by atoms with van der Waals surface area (Å²) in [5.41, 5.74) is 2.19. The van der Waals surface area contributed by atoms with Crippen molar-refractivity contribution in [2.45, 2.75) is 38.0 Å². The molecule has 0 saturated carbocycles. The lowest BCUT2D eigenvalue weighted by Gasteiger charge is -2.21. The first-order chi connectivity index (χ1) is 13.4. The molecule has 0 aliphatic heterocycles. The second-order valence-corrected chi connectivity index (χ2v) is 14.2. The fourth-order valence-electron chi connectivity index (χ4n) is 2.57. The maximum atomic E-state index is 5.48. The van der Waals surface area contributed by atoms with E-state index in [2.05, 4.69) is 47.3 Å². The smallest absolute Gasteiger partial charge is 0.334 e. The molecular formula is C20H36N2O4Si2. The fourth-order valence-corrected chi connectivity index (χ4v) is 5.32. The third kappa shape index (κ3) is 9.35. The Bertz CT molecular complexity index is 548. The second-order valence-electron chi connectivity index (χ2n) is 7.03. The number of nitrogens with zero attached hydrogens (tertiary/aromatic N) is 2. The zero-order valence-corrected chi connectivity index (χ0v) is 20.2. The van der Waals surface area contributed by atoms with Crippen molar-refractivity contribution in [3.8, 4) is 0 Å². The molecule has 8 heteroatoms. The maximum Gasteiger partial charge on any atom is 0.334 e. The normalized spacial score (nSPS) is 13.1. The standard InChI is InChI=1S/C20H36N2O4Si2/c1-23-27(5,24-2)15-7-13-21-17-19-9-11-20(12-10-19)18-22-14-8-16-28(6,25-3)26-4/h9-12,17-18H,7-8,13-16H2,1-6H3. The van der Waals surface area contributed by atoms with Crippen molar-refractivity contribution < 1.29 is 17.7 Å². The van der Waals surface area contributed by atoms with Gasteiger partial charge < -0.3 is 17.7 Å². The predicted octanol–water partition coefficient (Wildman–Crippen LogP) is 4.03. The van der Waals surface area contributed by atoms with Crippen LogP contribution in [0.25, 0.3) is 0 Å². The largest absolute Gasteiger partial charge is 0.398 e. The lowest BCUT2D eigenvalue weighted by Crippen LogP contribution is -2.35. The van der Waals surface area contributed by atoms with Crippen molar-refractivity contribution in [1.29, 1.82) is 0 Å². The fraction of sp³-hybridized carbons (Fsp3) is 0.600. The lowest BCUT2D eigenvalue weighted by molar-refractivity contribution is 0.248. The number of hydrogen-bond acceptors (Lipinski definition) is 6. The van der Waals surface area contributed by atoms with Gasteiger partial charge in [0.05, 0.1) is 0 Å². The second kappa shape index (κ2) is 13.1. The summed E-state index contributed by atoms with van der Waals surface area (Å²) in [4.78, 5) is 9.00. The molecule has 1 aromatic carbocycles. The Kier molecular flexibility index (Phi) is 11.7. The highest BCUT2D eigenvalue weighted by Gasteiger charge is 2.28. The molecule has 0 saturated heterocycles. The van der Waals surface area contributed by atoms with E-state index in [1.54, 1.807) is 28.4 Å². The maximum absolute atomic E-state index is 5.48. The van der Waals surface area contributed by atoms with Crippen molar-refractivity contribution in [2.24, 2.45) is 9.98 Å². The average Bonchev–Trinajstić information content (AvgIpc) is 2.73. The molecule has 28 heavy (non-hydrogen) atoms. The molecule has 0 spiro atoms. The molecule has 0 radical (unpaired) electrons. The van der Waals surface area contributed by atoms with Gasteiger partial charge in [-0.05, 0) is 49.2 Å². The zero-order chi connectivity index (χ0) is 20.9. The Hall–Kier alpha value is -1.17. The summed E-state index contributed by atoms with van der Waals surface area (Å²) in [6.07, 6.45) is 5.78. The van der Waals surface area contributed by atoms with Crippen LogP contribution in [-0.4, -0.2) is 71.1 Å². The number of hydrogen-bond donors (Lipinski definition) is 0. The first-order valence-electron chi connectivity index (χ1n) is 9.70. The predicted molar refractivity (Wildman–Crippen MR) is 121 cm³/mol. The lowest BCUT2D eigenvalue weighted by atomic mass is 10.1. The highest BCUT2D eigenvalue weighted by atomic mass is 28.4. The van der Waals surface area contributed by atoms with Crippen molar-refractivity contribution in [3.63, 3.8) is 0 Å². The van der Waals surface area contributed by atoms with E-state index in [9.17, 15) is 0 Å². The summed E-state index contributed by atoms with van der Waals surface area (Å²) in [5.74, 6) is 0. The number of benzene rings is 1. The van der Waals surface area contributed by atoms with Crippen molar-refractivity contribution in [1.82, 2.24) is 0 Å². The van der Waals surface area contributed by atoms with Crippen LogP contribution < -0.4 is 0 Å². The van der Waals surface area contributed by atoms with Gasteiger partial charge in [-0.15, -0.1) is 0 Å². The molecule has 6 nitrogen and oxygen atoms in total. The van der Waals surface area contributed by atoms with Crippen LogP contribution >= 0.6 is 0 Å². The minimum absolute atomic E-state index is 0.781. The highest BCUT2D eigenvalue weighted by Crippen LogP contribution is 2.14. The first kappa shape index (κ1) is 24.9. The van der Waals surface area contributed by atoms with Gasteiger partial charge in [0.1, 0.15) is 0 Å². The van der Waals surface area contributed by atoms with E-state index < -0.39 is 17.1 Å². The Morgan fingerprint density at radius 2 is 1.00 bits per heavy atom. The van der Waals surface area contributed by atoms with Crippen LogP contribution in [0.3, 0.4) is 0 Å². The van der Waals surface area contributed by atoms with Crippen molar-refractivity contribution in [2.75, 3.05) is 41.5 Å². The molecule has 0 amide bonds. The summed E-state index contributed by atoms with van der Waals surface area (Å²) < 4.78 is 21.9. The third-order valence-electron chi connectivity index (χ3n) is 4.98. The SMILES string of the molecule is CO[Si](C)(CCCN=Cc1ccc(C=NCCC[Si](C)(OC)OC)cc1)OC. The van der Waals surface area contributed by atoms with Gasteiger partial charge in [0.15, 0.2) is 0 Å². The minimum Gasteiger partial charge on any atom is -0.398 e. The number of aliphatic imine (C=N–C) groups is 2. The molecule has 158 valence electrons. The van der Waals surface area contributed by atoms with Gasteiger partial charge in [-0.25, -0.2) is 0 Å². The van der Waals surface area contributed by atoms with Gasteiger partial charge in [0, 0.05) is 54.0 Å². The van der Waals surface area contributed by atoms with Crippen LogP contribution in [-0.2, 0) is 17.7 Å². The minimum atomic E-state index is -1.97. The van der Waals surface area contributed by atoms with Gasteiger partial charge in [-0.1, -0.05) is 24.3 Å². The molecule has 0 aliphatic rings. The van der Waals surface area contributed by atoms with E-state index in [0.717, 1.165) is 49.1 Å². The van der Waals surface area contributed by atoms with E-state index in [-0.39, 0.29) is 0 Å². The molecule has 0 atom stereocenters. The summed E-state index contributed by atoms with van der Waals surface area (Å²) >= 11 is 0. The molecule has 0 unspecified atom stereocenters. The monoisotopic (exact) mass is 424 g/mol. The van der Waals surface area contributed by atoms with Gasteiger partial charge >= 0.3 is 17.1 Å². The molecule has 1 rings (SSSR count). The molecule has 0 N–H and O–H groups in total. The van der Waals surface area contributed by atoms with Crippen LogP contribution in [0.4, 0.5) is 0 Å². The molecule has 0 aromatic heterocycles. The topological polar surface area (TPSA) is 61.6 Å². The first-order valence-corrected chi connectivity index (χ1v) is 14.8. The van der Waals surface area contributed by atoms with E-state index in [1.165, 1.54) is 0 Å². The molecular weight excluding hydrogens is 388 g/mol. The van der Waals surface area contributed by atoms with Crippen LogP contribution in [0.15, 0.2) is 34.3 Å². The highest BCUT2D eigenvalue weighted by molar-refractivity contribution is 6.66. The van der Waals surface area contributed by atoms with Crippen molar-refractivity contribution in [3.05, 3.63) is 35.4 Å². The summed E-state index contributed by atoms with van der Waals surface area (Å²) in [5, 5.41) is 0. The average molecular weight is 425 g/mol. The van der Waals surface area contributed by atoms with Gasteiger partial charge in [0.2, 0.25) is 0 Å². The van der Waals surface area contributed by atoms with Gasteiger partial charge in [-0.3, -0.25) is 9.98 Å². The Balaban J connectivity index is 2.35. The molecule has 1 aromatic rings. The molecule has 0 aliphatic carbocycles. The summed E-state index contributed by atoms with van der Waals surface area (Å²) in [6.45, 7) is 5.72. The Labute approximate surface area is 172 Å². The quantitative estimate of drug-likeness (QED) is 0.257. The van der Waals surface area contributed by atoms with E-state index in [1.807, 2.05) is 12.4 Å². The summed E-state index contributed by atoms with van der Waals surface area (Å²) in [7, 11) is 2.96. The van der Waals surface area contributed by atoms with Gasteiger partial charge in [-0.2, -0.15) is 0 Å². The molecule has 0 fully saturated rings. The molecule has 0 heterocycles.